The van der Waals surface area contributed by atoms with Gasteiger partial charge in [-0.05, 0) is 64.8 Å². The highest BCUT2D eigenvalue weighted by Crippen LogP contribution is 2.42. The van der Waals surface area contributed by atoms with Crippen LogP contribution in [0.4, 0.5) is 0 Å². The first-order valence-corrected chi connectivity index (χ1v) is 10.8. The lowest BCUT2D eigenvalue weighted by Crippen LogP contribution is -2.45. The van der Waals surface area contributed by atoms with Crippen LogP contribution < -0.4 is 14.8 Å². The minimum absolute atomic E-state index is 0.205. The van der Waals surface area contributed by atoms with E-state index in [0.29, 0.717) is 22.4 Å². The molecule has 1 fully saturated rings. The van der Waals surface area contributed by atoms with Crippen molar-refractivity contribution in [2.75, 3.05) is 19.7 Å². The van der Waals surface area contributed by atoms with Crippen molar-refractivity contribution in [1.82, 2.24) is 10.0 Å². The van der Waals surface area contributed by atoms with Gasteiger partial charge in [0.15, 0.2) is 0 Å². The van der Waals surface area contributed by atoms with Crippen LogP contribution in [0.2, 0.25) is 10.0 Å². The van der Waals surface area contributed by atoms with Crippen LogP contribution in [0, 0.1) is 5.92 Å². The minimum Gasteiger partial charge on any atom is -0.598 e. The van der Waals surface area contributed by atoms with Crippen LogP contribution in [0.3, 0.4) is 0 Å². The predicted molar refractivity (Wildman–Crippen MR) is 112 cm³/mol. The van der Waals surface area contributed by atoms with Crippen molar-refractivity contribution in [1.29, 1.82) is 0 Å². The Labute approximate surface area is 170 Å². The molecular formula is C19H28Cl2N2O2S. The maximum absolute atomic E-state index is 12.9. The number of hydrogen-bond donors (Lipinski definition) is 2. The van der Waals surface area contributed by atoms with Gasteiger partial charge in [-0.15, -0.1) is 4.72 Å². The SMILES string of the molecule is C=CCOc1ccc(Cl)c(Cl)c1C(N[S+]([O-])C(C)(C)C)C1CCNCC1. The Morgan fingerprint density at radius 3 is 2.62 bits per heavy atom. The van der Waals surface area contributed by atoms with E-state index in [1.165, 1.54) is 0 Å². The van der Waals surface area contributed by atoms with Crippen molar-refractivity contribution in [3.05, 3.63) is 40.4 Å². The highest BCUT2D eigenvalue weighted by molar-refractivity contribution is 7.90. The Kier molecular flexibility index (Phi) is 8.13. The summed E-state index contributed by atoms with van der Waals surface area (Å²) in [5.41, 5.74) is 0.783. The van der Waals surface area contributed by atoms with Crippen LogP contribution in [0.25, 0.3) is 0 Å². The van der Waals surface area contributed by atoms with Crippen LogP contribution >= 0.6 is 23.2 Å². The number of hydrogen-bond acceptors (Lipinski definition) is 4. The number of ether oxygens (including phenoxy) is 1. The second kappa shape index (κ2) is 9.67. The molecule has 4 nitrogen and oxygen atoms in total. The fourth-order valence-electron chi connectivity index (χ4n) is 2.97. The molecule has 0 spiro atoms. The average molecular weight is 419 g/mol. The average Bonchev–Trinajstić information content (AvgIpc) is 2.61. The molecule has 1 aromatic rings. The number of halogens is 2. The summed E-state index contributed by atoms with van der Waals surface area (Å²) in [6, 6.07) is 3.35. The Balaban J connectivity index is 2.45. The molecule has 0 aliphatic carbocycles. The molecule has 2 unspecified atom stereocenters. The van der Waals surface area contributed by atoms with Gasteiger partial charge >= 0.3 is 0 Å². The van der Waals surface area contributed by atoms with E-state index in [0.717, 1.165) is 31.5 Å². The molecule has 2 N–H and O–H groups in total. The lowest BCUT2D eigenvalue weighted by molar-refractivity contribution is 0.292. The smallest absolute Gasteiger partial charge is 0.136 e. The fourth-order valence-corrected chi connectivity index (χ4v) is 4.31. The number of nitrogens with one attached hydrogen (secondary N) is 2. The van der Waals surface area contributed by atoms with Crippen molar-refractivity contribution < 1.29 is 9.29 Å². The molecule has 1 heterocycles. The predicted octanol–water partition coefficient (Wildman–Crippen LogP) is 4.65. The van der Waals surface area contributed by atoms with Crippen molar-refractivity contribution in [2.24, 2.45) is 5.92 Å². The molecule has 0 radical (unpaired) electrons. The molecule has 0 saturated carbocycles. The molecule has 2 atom stereocenters. The zero-order valence-corrected chi connectivity index (χ0v) is 17.9. The lowest BCUT2D eigenvalue weighted by atomic mass is 9.86. The van der Waals surface area contributed by atoms with E-state index in [-0.39, 0.29) is 12.0 Å². The summed E-state index contributed by atoms with van der Waals surface area (Å²) in [5.74, 6) is 0.936. The number of benzene rings is 1. The summed E-state index contributed by atoms with van der Waals surface area (Å²) in [7, 11) is 0. The molecule has 1 aliphatic heterocycles. The molecule has 0 aromatic heterocycles. The van der Waals surface area contributed by atoms with Gasteiger partial charge in [-0.2, -0.15) is 0 Å². The van der Waals surface area contributed by atoms with Gasteiger partial charge in [-0.25, -0.2) is 0 Å². The van der Waals surface area contributed by atoms with Gasteiger partial charge in [-0.1, -0.05) is 35.9 Å². The summed E-state index contributed by atoms with van der Waals surface area (Å²) in [6.07, 6.45) is 3.61. The second-order valence-electron chi connectivity index (χ2n) is 7.44. The van der Waals surface area contributed by atoms with Crippen LogP contribution in [-0.4, -0.2) is 29.0 Å². The van der Waals surface area contributed by atoms with Crippen LogP contribution in [0.5, 0.6) is 5.75 Å². The van der Waals surface area contributed by atoms with Gasteiger partial charge < -0.3 is 14.6 Å². The summed E-state index contributed by atoms with van der Waals surface area (Å²) in [4.78, 5) is 0. The quantitative estimate of drug-likeness (QED) is 0.499. The van der Waals surface area contributed by atoms with E-state index >= 15 is 0 Å². The summed E-state index contributed by atoms with van der Waals surface area (Å²) in [6.45, 7) is 11.8. The Morgan fingerprint density at radius 1 is 1.38 bits per heavy atom. The zero-order valence-electron chi connectivity index (χ0n) is 15.6. The minimum atomic E-state index is -1.25. The third-order valence-electron chi connectivity index (χ3n) is 4.41. The molecule has 0 amide bonds. The molecule has 7 heteroatoms. The normalized spacial score (nSPS) is 18.4. The van der Waals surface area contributed by atoms with Crippen LogP contribution in [0.1, 0.15) is 45.2 Å². The van der Waals surface area contributed by atoms with Crippen molar-refractivity contribution in [3.63, 3.8) is 0 Å². The number of piperidine rings is 1. The van der Waals surface area contributed by atoms with Gasteiger partial charge in [0.25, 0.3) is 0 Å². The largest absolute Gasteiger partial charge is 0.598 e. The molecule has 146 valence electrons. The van der Waals surface area contributed by atoms with Gasteiger partial charge in [0, 0.05) is 16.9 Å². The summed E-state index contributed by atoms with van der Waals surface area (Å²) >= 11 is 11.7. The van der Waals surface area contributed by atoms with E-state index in [9.17, 15) is 4.55 Å². The number of rotatable bonds is 7. The highest BCUT2D eigenvalue weighted by atomic mass is 35.5. The van der Waals surface area contributed by atoms with E-state index in [2.05, 4.69) is 16.6 Å². The third kappa shape index (κ3) is 5.54. The lowest BCUT2D eigenvalue weighted by Gasteiger charge is -2.35. The second-order valence-corrected chi connectivity index (χ2v) is 10.2. The first-order valence-electron chi connectivity index (χ1n) is 8.86. The van der Waals surface area contributed by atoms with E-state index in [1.807, 2.05) is 26.8 Å². The summed E-state index contributed by atoms with van der Waals surface area (Å²) in [5, 5.41) is 4.29. The molecule has 1 saturated heterocycles. The Bertz CT molecular complexity index is 616. The van der Waals surface area contributed by atoms with Crippen molar-refractivity contribution >= 4 is 34.6 Å². The molecule has 1 aliphatic rings. The van der Waals surface area contributed by atoms with E-state index in [1.54, 1.807) is 12.1 Å². The first-order chi connectivity index (χ1) is 12.3. The molecule has 2 rings (SSSR count). The molecule has 0 bridgehead atoms. The maximum atomic E-state index is 12.9. The van der Waals surface area contributed by atoms with Crippen molar-refractivity contribution in [3.8, 4) is 5.75 Å². The van der Waals surface area contributed by atoms with E-state index < -0.39 is 16.1 Å². The summed E-state index contributed by atoms with van der Waals surface area (Å²) < 4.78 is 21.6. The Hall–Kier alpha value is -0.430. The van der Waals surface area contributed by atoms with Gasteiger partial charge in [0.2, 0.25) is 0 Å². The fraction of sp³-hybridized carbons (Fsp3) is 0.579. The van der Waals surface area contributed by atoms with Gasteiger partial charge in [0.1, 0.15) is 17.1 Å². The zero-order chi connectivity index (χ0) is 19.3. The molecule has 26 heavy (non-hydrogen) atoms. The van der Waals surface area contributed by atoms with Crippen LogP contribution in [0.15, 0.2) is 24.8 Å². The standard InChI is InChI=1S/C19H28Cl2N2O2S/c1-5-12-25-15-7-6-14(20)17(21)16(15)18(13-8-10-22-11-9-13)23-26(24)19(2,3)4/h5-7,13,18,22-23H,1,8-12H2,2-4H3. The van der Waals surface area contributed by atoms with E-state index in [4.69, 9.17) is 27.9 Å². The first kappa shape index (κ1) is 21.9. The van der Waals surface area contributed by atoms with Crippen molar-refractivity contribution in [2.45, 2.75) is 44.4 Å². The topological polar surface area (TPSA) is 56.3 Å². The van der Waals surface area contributed by atoms with Gasteiger partial charge in [-0.3, -0.25) is 0 Å². The maximum Gasteiger partial charge on any atom is 0.136 e. The monoisotopic (exact) mass is 418 g/mol. The third-order valence-corrected chi connectivity index (χ3v) is 6.81. The van der Waals surface area contributed by atoms with Crippen LogP contribution in [-0.2, 0) is 11.4 Å². The Morgan fingerprint density at radius 2 is 2.04 bits per heavy atom. The molecule has 1 aromatic carbocycles. The molecular weight excluding hydrogens is 391 g/mol. The highest BCUT2D eigenvalue weighted by Gasteiger charge is 2.37. The van der Waals surface area contributed by atoms with Gasteiger partial charge in [0.05, 0.1) is 16.1 Å².